The maximum atomic E-state index is 12.3. The van der Waals surface area contributed by atoms with Crippen LogP contribution in [0.1, 0.15) is 5.56 Å². The second-order valence-corrected chi connectivity index (χ2v) is 7.63. The molecule has 3 aromatic rings. The Labute approximate surface area is 166 Å². The fraction of sp³-hybridized carbons (Fsp3) is 0.211. The standard InChI is InChI=1S/C19H19N3O3S2/c1-12-4-6-13(7-5-12)18-21-19(27-22-18)26-11-17(23)20-15-9-8-14(24-2)10-16(15)25-3/h4-10H,11H2,1-3H3,(H,20,23). The molecule has 0 spiro atoms. The molecule has 0 bridgehead atoms. The maximum absolute atomic E-state index is 12.3. The highest BCUT2D eigenvalue weighted by Gasteiger charge is 2.12. The van der Waals surface area contributed by atoms with Crippen LogP contribution in [-0.2, 0) is 4.79 Å². The van der Waals surface area contributed by atoms with E-state index in [0.717, 1.165) is 9.90 Å². The summed E-state index contributed by atoms with van der Waals surface area (Å²) in [6.45, 7) is 2.04. The molecule has 3 rings (SSSR count). The summed E-state index contributed by atoms with van der Waals surface area (Å²) < 4.78 is 15.6. The number of carbonyl (C=O) groups is 1. The predicted octanol–water partition coefficient (Wildman–Crippen LogP) is 4.26. The Morgan fingerprint density at radius 2 is 1.93 bits per heavy atom. The van der Waals surface area contributed by atoms with Crippen LogP contribution in [0.3, 0.4) is 0 Å². The SMILES string of the molecule is COc1ccc(NC(=O)CSc2nc(-c3ccc(C)cc3)ns2)c(OC)c1. The van der Waals surface area contributed by atoms with Crippen molar-refractivity contribution in [3.8, 4) is 22.9 Å². The fourth-order valence-electron chi connectivity index (χ4n) is 2.30. The quantitative estimate of drug-likeness (QED) is 0.596. The number of aromatic nitrogens is 2. The van der Waals surface area contributed by atoms with Crippen molar-refractivity contribution in [2.24, 2.45) is 0 Å². The predicted molar refractivity (Wildman–Crippen MR) is 109 cm³/mol. The van der Waals surface area contributed by atoms with E-state index in [1.807, 2.05) is 31.2 Å². The topological polar surface area (TPSA) is 73.3 Å². The molecule has 1 heterocycles. The van der Waals surface area contributed by atoms with E-state index >= 15 is 0 Å². The normalized spacial score (nSPS) is 10.5. The molecule has 8 heteroatoms. The molecule has 1 amide bonds. The van der Waals surface area contributed by atoms with E-state index in [1.54, 1.807) is 32.4 Å². The number of hydrogen-bond acceptors (Lipinski definition) is 7. The lowest BCUT2D eigenvalue weighted by Crippen LogP contribution is -2.14. The zero-order valence-corrected chi connectivity index (χ0v) is 16.8. The van der Waals surface area contributed by atoms with Crippen molar-refractivity contribution in [1.82, 2.24) is 9.36 Å². The van der Waals surface area contributed by atoms with Crippen molar-refractivity contribution in [3.63, 3.8) is 0 Å². The number of anilines is 1. The minimum Gasteiger partial charge on any atom is -0.497 e. The van der Waals surface area contributed by atoms with Gasteiger partial charge in [-0.2, -0.15) is 4.37 Å². The molecule has 140 valence electrons. The molecule has 2 aromatic carbocycles. The number of amides is 1. The van der Waals surface area contributed by atoms with Crippen LogP contribution in [0.2, 0.25) is 0 Å². The van der Waals surface area contributed by atoms with Crippen LogP contribution in [0.25, 0.3) is 11.4 Å². The molecule has 0 aliphatic carbocycles. The Kier molecular flexibility index (Phi) is 6.31. The highest BCUT2D eigenvalue weighted by molar-refractivity contribution is 8.01. The van der Waals surface area contributed by atoms with Crippen LogP contribution in [0.4, 0.5) is 5.69 Å². The van der Waals surface area contributed by atoms with Crippen LogP contribution in [0, 0.1) is 6.92 Å². The second-order valence-electron chi connectivity index (χ2n) is 5.65. The Bertz CT molecular complexity index is 926. The van der Waals surface area contributed by atoms with Crippen LogP contribution < -0.4 is 14.8 Å². The van der Waals surface area contributed by atoms with E-state index in [2.05, 4.69) is 14.7 Å². The third-order valence-electron chi connectivity index (χ3n) is 3.73. The lowest BCUT2D eigenvalue weighted by molar-refractivity contribution is -0.113. The summed E-state index contributed by atoms with van der Waals surface area (Å²) in [6.07, 6.45) is 0. The van der Waals surface area contributed by atoms with Gasteiger partial charge in [0.05, 0.1) is 25.7 Å². The molecule has 0 unspecified atom stereocenters. The van der Waals surface area contributed by atoms with Gasteiger partial charge in [-0.1, -0.05) is 41.6 Å². The van der Waals surface area contributed by atoms with Crippen LogP contribution in [0.5, 0.6) is 11.5 Å². The lowest BCUT2D eigenvalue weighted by atomic mass is 10.1. The average Bonchev–Trinajstić information content (AvgIpc) is 3.16. The maximum Gasteiger partial charge on any atom is 0.234 e. The minimum atomic E-state index is -0.143. The third-order valence-corrected chi connectivity index (χ3v) is 5.56. The first-order chi connectivity index (χ1) is 13.1. The van der Waals surface area contributed by atoms with Gasteiger partial charge in [-0.05, 0) is 30.6 Å². The number of carbonyl (C=O) groups excluding carboxylic acids is 1. The Morgan fingerprint density at radius 3 is 2.63 bits per heavy atom. The van der Waals surface area contributed by atoms with E-state index in [0.29, 0.717) is 23.0 Å². The zero-order chi connectivity index (χ0) is 19.2. The van der Waals surface area contributed by atoms with E-state index in [-0.39, 0.29) is 11.7 Å². The highest BCUT2D eigenvalue weighted by Crippen LogP contribution is 2.30. The van der Waals surface area contributed by atoms with Crippen molar-refractivity contribution in [2.45, 2.75) is 11.3 Å². The van der Waals surface area contributed by atoms with Gasteiger partial charge >= 0.3 is 0 Å². The van der Waals surface area contributed by atoms with Gasteiger partial charge in [0.1, 0.15) is 11.5 Å². The number of rotatable bonds is 7. The average molecular weight is 402 g/mol. The van der Waals surface area contributed by atoms with Crippen molar-refractivity contribution < 1.29 is 14.3 Å². The summed E-state index contributed by atoms with van der Waals surface area (Å²) >= 11 is 2.64. The first-order valence-electron chi connectivity index (χ1n) is 8.14. The number of methoxy groups -OCH3 is 2. The number of hydrogen-bond donors (Lipinski definition) is 1. The third kappa shape index (κ3) is 4.99. The number of aryl methyl sites for hydroxylation is 1. The van der Waals surface area contributed by atoms with Crippen LogP contribution >= 0.6 is 23.3 Å². The Morgan fingerprint density at radius 1 is 1.15 bits per heavy atom. The van der Waals surface area contributed by atoms with Gasteiger partial charge in [-0.15, -0.1) is 0 Å². The first kappa shape index (κ1) is 19.2. The van der Waals surface area contributed by atoms with Crippen LogP contribution in [-0.4, -0.2) is 35.2 Å². The van der Waals surface area contributed by atoms with Gasteiger partial charge in [0.25, 0.3) is 0 Å². The van der Waals surface area contributed by atoms with Crippen molar-refractivity contribution in [1.29, 1.82) is 0 Å². The van der Waals surface area contributed by atoms with Gasteiger partial charge in [0.2, 0.25) is 5.91 Å². The summed E-state index contributed by atoms with van der Waals surface area (Å²) in [7, 11) is 3.13. The summed E-state index contributed by atoms with van der Waals surface area (Å²) in [5, 5.41) is 2.84. The summed E-state index contributed by atoms with van der Waals surface area (Å²) in [5.74, 6) is 1.98. The number of benzene rings is 2. The molecule has 0 aliphatic rings. The molecule has 0 saturated heterocycles. The van der Waals surface area contributed by atoms with Gasteiger partial charge in [-0.25, -0.2) is 4.98 Å². The first-order valence-corrected chi connectivity index (χ1v) is 9.90. The Balaban J connectivity index is 1.59. The Hall–Kier alpha value is -2.58. The molecule has 0 aliphatic heterocycles. The van der Waals surface area contributed by atoms with Gasteiger partial charge < -0.3 is 14.8 Å². The molecule has 6 nitrogen and oxygen atoms in total. The number of thioether (sulfide) groups is 1. The molecule has 27 heavy (non-hydrogen) atoms. The summed E-state index contributed by atoms with van der Waals surface area (Å²) in [5.41, 5.74) is 2.76. The van der Waals surface area contributed by atoms with Crippen molar-refractivity contribution in [3.05, 3.63) is 48.0 Å². The molecule has 0 radical (unpaired) electrons. The zero-order valence-electron chi connectivity index (χ0n) is 15.2. The summed E-state index contributed by atoms with van der Waals surface area (Å²) in [4.78, 5) is 16.8. The van der Waals surface area contributed by atoms with E-state index in [1.165, 1.54) is 28.9 Å². The summed E-state index contributed by atoms with van der Waals surface area (Å²) in [6, 6.07) is 13.3. The monoisotopic (exact) mass is 401 g/mol. The van der Waals surface area contributed by atoms with Crippen LogP contribution in [0.15, 0.2) is 46.8 Å². The van der Waals surface area contributed by atoms with E-state index in [9.17, 15) is 4.79 Å². The van der Waals surface area contributed by atoms with Gasteiger partial charge in [0.15, 0.2) is 10.2 Å². The number of ether oxygens (including phenoxy) is 2. The van der Waals surface area contributed by atoms with Crippen molar-refractivity contribution >= 4 is 34.9 Å². The number of nitrogens with zero attached hydrogens (tertiary/aromatic N) is 2. The largest absolute Gasteiger partial charge is 0.497 e. The van der Waals surface area contributed by atoms with Gasteiger partial charge in [-0.3, -0.25) is 4.79 Å². The molecule has 0 saturated carbocycles. The number of nitrogens with one attached hydrogen (secondary N) is 1. The fourth-order valence-corrected chi connectivity index (χ4v) is 3.72. The molecule has 1 N–H and O–H groups in total. The molecular weight excluding hydrogens is 382 g/mol. The smallest absolute Gasteiger partial charge is 0.234 e. The highest BCUT2D eigenvalue weighted by atomic mass is 32.2. The lowest BCUT2D eigenvalue weighted by Gasteiger charge is -2.11. The molecule has 0 fully saturated rings. The second kappa shape index (κ2) is 8.88. The van der Waals surface area contributed by atoms with Gasteiger partial charge in [0, 0.05) is 11.6 Å². The molecule has 1 aromatic heterocycles. The van der Waals surface area contributed by atoms with E-state index < -0.39 is 0 Å². The molecular formula is C19H19N3O3S2. The minimum absolute atomic E-state index is 0.143. The van der Waals surface area contributed by atoms with Crippen molar-refractivity contribution in [2.75, 3.05) is 25.3 Å². The van der Waals surface area contributed by atoms with E-state index in [4.69, 9.17) is 9.47 Å². The molecule has 0 atom stereocenters.